The van der Waals surface area contributed by atoms with Crippen molar-refractivity contribution in [3.8, 4) is 0 Å². The Morgan fingerprint density at radius 2 is 2.20 bits per heavy atom. The van der Waals surface area contributed by atoms with Gasteiger partial charge in [-0.3, -0.25) is 4.79 Å². The van der Waals surface area contributed by atoms with Gasteiger partial charge in [-0.2, -0.15) is 0 Å². The zero-order valence-corrected chi connectivity index (χ0v) is 12.2. The number of hydrogen-bond acceptors (Lipinski definition) is 4. The van der Waals surface area contributed by atoms with E-state index in [-0.39, 0.29) is 0 Å². The lowest BCUT2D eigenvalue weighted by molar-refractivity contribution is -0.129. The molecule has 1 unspecified atom stereocenters. The first kappa shape index (κ1) is 13.4. The van der Waals surface area contributed by atoms with E-state index in [4.69, 9.17) is 10.7 Å². The van der Waals surface area contributed by atoms with E-state index in [1.165, 1.54) is 5.56 Å². The number of rotatable bonds is 2. The number of carbonyl (C=O) groups is 1. The van der Waals surface area contributed by atoms with E-state index in [0.717, 1.165) is 43.1 Å². The fraction of sp³-hybridized carbons (Fsp3) is 0.600. The van der Waals surface area contributed by atoms with Crippen molar-refractivity contribution in [3.05, 3.63) is 22.9 Å². The highest BCUT2D eigenvalue weighted by molar-refractivity contribution is 5.79. The largest absolute Gasteiger partial charge is 0.352 e. The molecule has 2 aliphatic heterocycles. The van der Waals surface area contributed by atoms with Gasteiger partial charge in [0, 0.05) is 49.9 Å². The molecule has 108 valence electrons. The van der Waals surface area contributed by atoms with Gasteiger partial charge >= 0.3 is 0 Å². The lowest BCUT2D eigenvalue weighted by Gasteiger charge is -2.39. The molecule has 1 atom stereocenters. The molecule has 2 fully saturated rings. The molecule has 5 nitrogen and oxygen atoms in total. The van der Waals surface area contributed by atoms with Crippen LogP contribution in [0.5, 0.6) is 0 Å². The number of piperazine rings is 1. The lowest BCUT2D eigenvalue weighted by Crippen LogP contribution is -2.52. The van der Waals surface area contributed by atoms with E-state index in [9.17, 15) is 4.79 Å². The standard InChI is InChI=1S/C15H22N4O/c1-10-7-11(2)17-15(13(10)8-16)18-5-6-19-12(9-18)3-4-14(19)20/h7,12H,3-6,8-9,16H2,1-2H3. The van der Waals surface area contributed by atoms with Crippen molar-refractivity contribution < 1.29 is 4.79 Å². The zero-order chi connectivity index (χ0) is 14.3. The molecule has 0 aliphatic carbocycles. The molecule has 1 aromatic rings. The molecule has 1 aromatic heterocycles. The number of fused-ring (bicyclic) bond motifs is 1. The lowest BCUT2D eigenvalue weighted by atomic mass is 10.1. The van der Waals surface area contributed by atoms with Crippen LogP contribution in [0.15, 0.2) is 6.07 Å². The normalized spacial score (nSPS) is 22.4. The van der Waals surface area contributed by atoms with Crippen LogP contribution < -0.4 is 10.6 Å². The van der Waals surface area contributed by atoms with Gasteiger partial charge in [0.15, 0.2) is 0 Å². The fourth-order valence-electron chi connectivity index (χ4n) is 3.41. The van der Waals surface area contributed by atoms with Crippen molar-refractivity contribution in [2.24, 2.45) is 5.73 Å². The Morgan fingerprint density at radius 1 is 1.40 bits per heavy atom. The highest BCUT2D eigenvalue weighted by Gasteiger charge is 2.36. The summed E-state index contributed by atoms with van der Waals surface area (Å²) in [5.41, 5.74) is 9.27. The number of carbonyl (C=O) groups excluding carboxylic acids is 1. The van der Waals surface area contributed by atoms with Gasteiger partial charge in [0.25, 0.3) is 0 Å². The maximum absolute atomic E-state index is 11.8. The van der Waals surface area contributed by atoms with Gasteiger partial charge in [-0.05, 0) is 31.9 Å². The van der Waals surface area contributed by atoms with Gasteiger partial charge < -0.3 is 15.5 Å². The minimum atomic E-state index is 0.307. The smallest absolute Gasteiger partial charge is 0.223 e. The monoisotopic (exact) mass is 274 g/mol. The van der Waals surface area contributed by atoms with Gasteiger partial charge in [-0.1, -0.05) is 0 Å². The van der Waals surface area contributed by atoms with E-state index in [2.05, 4.69) is 17.9 Å². The van der Waals surface area contributed by atoms with Crippen LogP contribution >= 0.6 is 0 Å². The van der Waals surface area contributed by atoms with E-state index in [1.807, 2.05) is 11.8 Å². The highest BCUT2D eigenvalue weighted by Crippen LogP contribution is 2.28. The predicted molar refractivity (Wildman–Crippen MR) is 78.6 cm³/mol. The van der Waals surface area contributed by atoms with Crippen LogP contribution in [0, 0.1) is 13.8 Å². The molecule has 0 radical (unpaired) electrons. The van der Waals surface area contributed by atoms with Crippen molar-refractivity contribution in [2.75, 3.05) is 24.5 Å². The van der Waals surface area contributed by atoms with Crippen LogP contribution in [0.4, 0.5) is 5.82 Å². The molecule has 3 rings (SSSR count). The van der Waals surface area contributed by atoms with Gasteiger partial charge in [0.05, 0.1) is 0 Å². The second-order valence-electron chi connectivity index (χ2n) is 5.81. The number of nitrogens with two attached hydrogens (primary N) is 1. The second kappa shape index (κ2) is 5.05. The minimum absolute atomic E-state index is 0.307. The van der Waals surface area contributed by atoms with Crippen LogP contribution in [-0.2, 0) is 11.3 Å². The molecule has 2 aliphatic rings. The maximum atomic E-state index is 11.8. The number of pyridine rings is 1. The number of hydrogen-bond donors (Lipinski definition) is 1. The van der Waals surface area contributed by atoms with Gasteiger partial charge in [-0.15, -0.1) is 0 Å². The maximum Gasteiger partial charge on any atom is 0.223 e. The summed E-state index contributed by atoms with van der Waals surface area (Å²) in [6, 6.07) is 2.44. The van der Waals surface area contributed by atoms with Crippen LogP contribution in [0.3, 0.4) is 0 Å². The molecule has 0 bridgehead atoms. The van der Waals surface area contributed by atoms with Crippen molar-refractivity contribution in [1.29, 1.82) is 0 Å². The molecule has 3 heterocycles. The molecule has 0 saturated carbocycles. The summed E-state index contributed by atoms with van der Waals surface area (Å²) < 4.78 is 0. The molecule has 2 N–H and O–H groups in total. The summed E-state index contributed by atoms with van der Waals surface area (Å²) in [4.78, 5) is 20.8. The van der Waals surface area contributed by atoms with Gasteiger partial charge in [-0.25, -0.2) is 4.98 Å². The molecular formula is C15H22N4O. The number of amides is 1. The molecule has 1 amide bonds. The second-order valence-corrected chi connectivity index (χ2v) is 5.81. The minimum Gasteiger partial charge on any atom is -0.352 e. The Hall–Kier alpha value is -1.62. The zero-order valence-electron chi connectivity index (χ0n) is 12.2. The van der Waals surface area contributed by atoms with E-state index >= 15 is 0 Å². The van der Waals surface area contributed by atoms with Gasteiger partial charge in [0.2, 0.25) is 5.91 Å². The Kier molecular flexibility index (Phi) is 3.38. The third-order valence-corrected chi connectivity index (χ3v) is 4.45. The summed E-state index contributed by atoms with van der Waals surface area (Å²) in [5, 5.41) is 0. The van der Waals surface area contributed by atoms with Crippen LogP contribution in [0.25, 0.3) is 0 Å². The van der Waals surface area contributed by atoms with E-state index in [1.54, 1.807) is 0 Å². The third-order valence-electron chi connectivity index (χ3n) is 4.45. The first-order chi connectivity index (χ1) is 9.60. The Balaban J connectivity index is 1.89. The van der Waals surface area contributed by atoms with E-state index in [0.29, 0.717) is 24.9 Å². The SMILES string of the molecule is Cc1cc(C)c(CN)c(N2CCN3C(=O)CCC3C2)n1. The Labute approximate surface area is 119 Å². The third kappa shape index (κ3) is 2.16. The Bertz CT molecular complexity index is 543. The summed E-state index contributed by atoms with van der Waals surface area (Å²) in [6.45, 7) is 7.17. The number of anilines is 1. The summed E-state index contributed by atoms with van der Waals surface area (Å²) in [7, 11) is 0. The van der Waals surface area contributed by atoms with E-state index < -0.39 is 0 Å². The van der Waals surface area contributed by atoms with Crippen molar-refractivity contribution in [2.45, 2.75) is 39.3 Å². The van der Waals surface area contributed by atoms with Crippen LogP contribution in [0.2, 0.25) is 0 Å². The van der Waals surface area contributed by atoms with Gasteiger partial charge in [0.1, 0.15) is 5.82 Å². The number of aryl methyl sites for hydroxylation is 2. The fourth-order valence-corrected chi connectivity index (χ4v) is 3.41. The first-order valence-electron chi connectivity index (χ1n) is 7.31. The van der Waals surface area contributed by atoms with Crippen LogP contribution in [-0.4, -0.2) is 41.5 Å². The van der Waals surface area contributed by atoms with Crippen molar-refractivity contribution in [1.82, 2.24) is 9.88 Å². The summed E-state index contributed by atoms with van der Waals surface area (Å²) in [6.07, 6.45) is 1.67. The van der Waals surface area contributed by atoms with Crippen molar-refractivity contribution >= 4 is 11.7 Å². The van der Waals surface area contributed by atoms with Crippen LogP contribution in [0.1, 0.15) is 29.7 Å². The average molecular weight is 274 g/mol. The molecule has 0 aromatic carbocycles. The quantitative estimate of drug-likeness (QED) is 0.873. The molecule has 5 heteroatoms. The average Bonchev–Trinajstić information content (AvgIpc) is 2.79. The number of nitrogens with zero attached hydrogens (tertiary/aromatic N) is 3. The molecule has 2 saturated heterocycles. The highest BCUT2D eigenvalue weighted by atomic mass is 16.2. The Morgan fingerprint density at radius 3 is 2.95 bits per heavy atom. The van der Waals surface area contributed by atoms with Crippen molar-refractivity contribution in [3.63, 3.8) is 0 Å². The number of aromatic nitrogens is 1. The summed E-state index contributed by atoms with van der Waals surface area (Å²) in [5.74, 6) is 1.33. The predicted octanol–water partition coefficient (Wildman–Crippen LogP) is 0.968. The molecule has 0 spiro atoms. The molecule has 20 heavy (non-hydrogen) atoms. The topological polar surface area (TPSA) is 62.5 Å². The first-order valence-corrected chi connectivity index (χ1v) is 7.31. The molecular weight excluding hydrogens is 252 g/mol. The summed E-state index contributed by atoms with van der Waals surface area (Å²) >= 11 is 0.